The van der Waals surface area contributed by atoms with Gasteiger partial charge in [0.2, 0.25) is 0 Å². The van der Waals surface area contributed by atoms with Crippen LogP contribution in [0.1, 0.15) is 0 Å². The van der Waals surface area contributed by atoms with Crippen molar-refractivity contribution in [3.63, 3.8) is 0 Å². The van der Waals surface area contributed by atoms with Gasteiger partial charge < -0.3 is 10.1 Å². The van der Waals surface area contributed by atoms with E-state index in [0.29, 0.717) is 11.4 Å². The van der Waals surface area contributed by atoms with Gasteiger partial charge in [0.25, 0.3) is 0 Å². The van der Waals surface area contributed by atoms with E-state index in [9.17, 15) is 0 Å². The molecular weight excluding hydrogens is 216 g/mol. The minimum Gasteiger partial charge on any atom is -0.497 e. The van der Waals surface area contributed by atoms with Crippen molar-refractivity contribution >= 4 is 5.69 Å². The maximum absolute atomic E-state index is 8.82. The smallest absolute Gasteiger partial charge is 0.163 e. The lowest BCUT2D eigenvalue weighted by Crippen LogP contribution is -2.00. The Hall–Kier alpha value is -2.97. The molecule has 0 heterocycles. The average molecular weight is 224 g/mol. The van der Waals surface area contributed by atoms with Crippen molar-refractivity contribution in [2.45, 2.75) is 0 Å². The summed E-state index contributed by atoms with van der Waals surface area (Å²) in [6.07, 6.45) is 0. The number of nitriles is 3. The number of anilines is 1. The van der Waals surface area contributed by atoms with Crippen LogP contribution in [0, 0.1) is 34.0 Å². The number of hydrogen-bond donors (Lipinski definition) is 1. The number of allylic oxidation sites excluding steroid dienone is 2. The molecule has 5 nitrogen and oxygen atoms in total. The van der Waals surface area contributed by atoms with E-state index in [1.165, 1.54) is 0 Å². The fourth-order valence-corrected chi connectivity index (χ4v) is 1.10. The summed E-state index contributed by atoms with van der Waals surface area (Å²) < 4.78 is 4.98. The highest BCUT2D eigenvalue weighted by Gasteiger charge is 2.05. The van der Waals surface area contributed by atoms with E-state index in [2.05, 4.69) is 5.32 Å². The molecule has 0 radical (unpaired) electrons. The van der Waals surface area contributed by atoms with Crippen LogP contribution in [-0.2, 0) is 0 Å². The molecule has 0 atom stereocenters. The topological polar surface area (TPSA) is 92.6 Å². The highest BCUT2D eigenvalue weighted by Crippen LogP contribution is 2.17. The first-order valence-electron chi connectivity index (χ1n) is 4.60. The predicted octanol–water partition coefficient (Wildman–Crippen LogP) is 1.93. The van der Waals surface area contributed by atoms with E-state index in [1.807, 2.05) is 0 Å². The Bertz CT molecular complexity index is 536. The van der Waals surface area contributed by atoms with E-state index in [0.717, 1.165) is 0 Å². The Morgan fingerprint density at radius 1 is 1.06 bits per heavy atom. The fraction of sp³-hybridized carbons (Fsp3) is 0.0833. The molecular formula is C12H8N4O. The van der Waals surface area contributed by atoms with Crippen molar-refractivity contribution in [3.05, 3.63) is 35.5 Å². The fourth-order valence-electron chi connectivity index (χ4n) is 1.10. The molecule has 1 aromatic rings. The number of rotatable bonds is 3. The minimum atomic E-state index is -0.247. The Morgan fingerprint density at radius 3 is 2.06 bits per heavy atom. The van der Waals surface area contributed by atoms with Gasteiger partial charge >= 0.3 is 0 Å². The van der Waals surface area contributed by atoms with E-state index in [1.54, 1.807) is 49.6 Å². The van der Waals surface area contributed by atoms with Gasteiger partial charge in [-0.3, -0.25) is 0 Å². The highest BCUT2D eigenvalue weighted by atomic mass is 16.5. The first-order valence-corrected chi connectivity index (χ1v) is 4.60. The molecule has 1 N–H and O–H groups in total. The normalized spacial score (nSPS) is 8.12. The molecule has 17 heavy (non-hydrogen) atoms. The van der Waals surface area contributed by atoms with E-state index in [4.69, 9.17) is 20.5 Å². The van der Waals surface area contributed by atoms with Gasteiger partial charge in [-0.25, -0.2) is 0 Å². The monoisotopic (exact) mass is 224 g/mol. The second-order valence-corrected chi connectivity index (χ2v) is 2.94. The van der Waals surface area contributed by atoms with Crippen LogP contribution in [0.3, 0.4) is 0 Å². The lowest BCUT2D eigenvalue weighted by molar-refractivity contribution is 0.415. The molecule has 0 unspecified atom stereocenters. The van der Waals surface area contributed by atoms with Crippen LogP contribution in [0.5, 0.6) is 5.75 Å². The van der Waals surface area contributed by atoms with Crippen molar-refractivity contribution < 1.29 is 4.74 Å². The molecule has 0 amide bonds. The summed E-state index contributed by atoms with van der Waals surface area (Å²) in [6.45, 7) is 0. The molecule has 0 aromatic heterocycles. The first-order chi connectivity index (χ1) is 8.24. The molecule has 5 heteroatoms. The molecule has 1 aromatic carbocycles. The van der Waals surface area contributed by atoms with Crippen LogP contribution in [-0.4, -0.2) is 7.11 Å². The molecule has 0 spiro atoms. The van der Waals surface area contributed by atoms with Gasteiger partial charge in [-0.1, -0.05) is 0 Å². The maximum atomic E-state index is 8.82. The number of benzene rings is 1. The molecule has 82 valence electrons. The summed E-state index contributed by atoms with van der Waals surface area (Å²) in [5.74, 6) is 0.679. The van der Waals surface area contributed by atoms with Crippen LogP contribution < -0.4 is 10.1 Å². The number of hydrogen-bond acceptors (Lipinski definition) is 5. The van der Waals surface area contributed by atoms with Gasteiger partial charge in [0, 0.05) is 5.69 Å². The van der Waals surface area contributed by atoms with Crippen molar-refractivity contribution in [1.29, 1.82) is 15.8 Å². The number of methoxy groups -OCH3 is 1. The van der Waals surface area contributed by atoms with E-state index < -0.39 is 0 Å². The van der Waals surface area contributed by atoms with Crippen molar-refractivity contribution in [2.24, 2.45) is 0 Å². The summed E-state index contributed by atoms with van der Waals surface area (Å²) in [7, 11) is 1.55. The highest BCUT2D eigenvalue weighted by molar-refractivity contribution is 5.58. The minimum absolute atomic E-state index is 0.0693. The summed E-state index contributed by atoms with van der Waals surface area (Å²) in [6, 6.07) is 11.9. The Morgan fingerprint density at radius 2 is 1.65 bits per heavy atom. The van der Waals surface area contributed by atoms with Gasteiger partial charge in [0.1, 0.15) is 29.7 Å². The van der Waals surface area contributed by atoms with Crippen LogP contribution in [0.4, 0.5) is 5.69 Å². The molecule has 0 aliphatic carbocycles. The van der Waals surface area contributed by atoms with Gasteiger partial charge in [0.05, 0.1) is 7.11 Å². The van der Waals surface area contributed by atoms with Crippen molar-refractivity contribution in [3.8, 4) is 24.0 Å². The van der Waals surface area contributed by atoms with Gasteiger partial charge in [-0.2, -0.15) is 15.8 Å². The quantitative estimate of drug-likeness (QED) is 0.792. The van der Waals surface area contributed by atoms with E-state index >= 15 is 0 Å². The van der Waals surface area contributed by atoms with Crippen molar-refractivity contribution in [1.82, 2.24) is 0 Å². The third-order valence-electron chi connectivity index (χ3n) is 1.94. The second kappa shape index (κ2) is 5.80. The van der Waals surface area contributed by atoms with Gasteiger partial charge in [-0.15, -0.1) is 0 Å². The molecule has 0 aliphatic rings. The van der Waals surface area contributed by atoms with Crippen molar-refractivity contribution in [2.75, 3.05) is 12.4 Å². The maximum Gasteiger partial charge on any atom is 0.163 e. The van der Waals surface area contributed by atoms with Crippen LogP contribution >= 0.6 is 0 Å². The zero-order valence-corrected chi connectivity index (χ0v) is 9.06. The largest absolute Gasteiger partial charge is 0.497 e. The standard InChI is InChI=1S/C12H8N4O/c1-17-11-4-2-10(3-5-11)16-12(8-15)9(6-13)7-14/h2-5,16H,1H3. The molecule has 0 bridgehead atoms. The Kier molecular flexibility index (Phi) is 4.13. The van der Waals surface area contributed by atoms with Gasteiger partial charge in [0.15, 0.2) is 5.57 Å². The zero-order valence-electron chi connectivity index (χ0n) is 9.06. The van der Waals surface area contributed by atoms with Crippen LogP contribution in [0.15, 0.2) is 35.5 Å². The summed E-state index contributed by atoms with van der Waals surface area (Å²) in [5.41, 5.74) is 0.286. The average Bonchev–Trinajstić information content (AvgIpc) is 2.39. The van der Waals surface area contributed by atoms with Crippen LogP contribution in [0.25, 0.3) is 0 Å². The number of nitrogens with zero attached hydrogens (tertiary/aromatic N) is 3. The molecule has 0 saturated heterocycles. The summed E-state index contributed by atoms with van der Waals surface area (Å²) >= 11 is 0. The lowest BCUT2D eigenvalue weighted by atomic mass is 10.2. The first kappa shape index (κ1) is 12.1. The number of nitrogens with one attached hydrogen (secondary N) is 1. The molecule has 0 saturated carbocycles. The zero-order chi connectivity index (χ0) is 12.7. The van der Waals surface area contributed by atoms with Crippen LogP contribution in [0.2, 0.25) is 0 Å². The third kappa shape index (κ3) is 2.99. The Labute approximate surface area is 98.8 Å². The number of ether oxygens (including phenoxy) is 1. The second-order valence-electron chi connectivity index (χ2n) is 2.94. The molecule has 1 rings (SSSR count). The predicted molar refractivity (Wildman–Crippen MR) is 60.5 cm³/mol. The third-order valence-corrected chi connectivity index (χ3v) is 1.94. The Balaban J connectivity index is 2.98. The SMILES string of the molecule is COc1ccc(NC(C#N)=C(C#N)C#N)cc1. The summed E-state index contributed by atoms with van der Waals surface area (Å²) in [5, 5.41) is 28.8. The lowest BCUT2D eigenvalue weighted by Gasteiger charge is -2.05. The molecule has 0 aliphatic heterocycles. The van der Waals surface area contributed by atoms with Gasteiger partial charge in [-0.05, 0) is 24.3 Å². The summed E-state index contributed by atoms with van der Waals surface area (Å²) in [4.78, 5) is 0. The molecule has 0 fully saturated rings. The van der Waals surface area contributed by atoms with E-state index in [-0.39, 0.29) is 11.3 Å².